The predicted octanol–water partition coefficient (Wildman–Crippen LogP) is 5.91. The molecule has 0 unspecified atom stereocenters. The minimum absolute atomic E-state index is 0.118. The number of nitrogens with one attached hydrogen (secondary N) is 4. The summed E-state index contributed by atoms with van der Waals surface area (Å²) in [6.45, 7) is 3.91. The van der Waals surface area contributed by atoms with E-state index in [1.807, 2.05) is 61.7 Å². The van der Waals surface area contributed by atoms with Crippen molar-refractivity contribution in [3.05, 3.63) is 95.4 Å². The number of aryl methyl sites for hydroxylation is 1. The van der Waals surface area contributed by atoms with Gasteiger partial charge in [-0.2, -0.15) is 4.98 Å². The lowest BCUT2D eigenvalue weighted by Crippen LogP contribution is -2.35. The van der Waals surface area contributed by atoms with E-state index in [2.05, 4.69) is 26.3 Å². The van der Waals surface area contributed by atoms with Crippen LogP contribution >= 0.6 is 0 Å². The van der Waals surface area contributed by atoms with Crippen LogP contribution in [0.15, 0.2) is 72.9 Å². The summed E-state index contributed by atoms with van der Waals surface area (Å²) in [7, 11) is 0. The first-order valence-electron chi connectivity index (χ1n) is 13.4. The standard InChI is InChI=1S/C31H31FN6O/c1-20-6-11-27(32)26(16-20)31(12-13-31)29(39)35-18-21-7-9-22(10-8-21)25-19-36-30-37-24-5-2-4-23(17-24)33-14-3-15-34-28(25)38-30/h2,4-11,16-17,19,33H,3,12-15,18H2,1H3,(H,35,39)(H2,34,36,37,38). The van der Waals surface area contributed by atoms with Crippen LogP contribution in [0.4, 0.5) is 27.5 Å². The highest BCUT2D eigenvalue weighted by Gasteiger charge is 2.52. The van der Waals surface area contributed by atoms with Crippen molar-refractivity contribution < 1.29 is 9.18 Å². The van der Waals surface area contributed by atoms with Gasteiger partial charge in [0.05, 0.1) is 5.41 Å². The summed E-state index contributed by atoms with van der Waals surface area (Å²) < 4.78 is 14.5. The normalized spacial score (nSPS) is 15.4. The zero-order valence-corrected chi connectivity index (χ0v) is 21.9. The van der Waals surface area contributed by atoms with Crippen LogP contribution in [0.2, 0.25) is 0 Å². The quantitative estimate of drug-likeness (QED) is 0.261. The Morgan fingerprint density at radius 3 is 2.62 bits per heavy atom. The summed E-state index contributed by atoms with van der Waals surface area (Å²) in [5, 5.41) is 13.2. The molecule has 4 aromatic rings. The van der Waals surface area contributed by atoms with Crippen LogP contribution in [0, 0.1) is 12.7 Å². The molecule has 198 valence electrons. The van der Waals surface area contributed by atoms with Crippen LogP contribution < -0.4 is 21.3 Å². The number of carbonyl (C=O) groups excluding carboxylic acids is 1. The van der Waals surface area contributed by atoms with Crippen LogP contribution in [0.5, 0.6) is 0 Å². The Labute approximate surface area is 227 Å². The number of aromatic nitrogens is 2. The lowest BCUT2D eigenvalue weighted by Gasteiger charge is -2.18. The van der Waals surface area contributed by atoms with Gasteiger partial charge in [0, 0.05) is 48.3 Å². The number of nitrogens with zero attached hydrogens (tertiary/aromatic N) is 2. The molecular weight excluding hydrogens is 491 g/mol. The number of carbonyl (C=O) groups is 1. The van der Waals surface area contributed by atoms with E-state index in [1.54, 1.807) is 12.1 Å². The van der Waals surface area contributed by atoms with Crippen molar-refractivity contribution >= 4 is 29.0 Å². The SMILES string of the molecule is Cc1ccc(F)c(C2(C(=O)NCc3ccc(-c4cnc5nc4NCCCNc4cccc(c4)N5)cc3)CC2)c1. The van der Waals surface area contributed by atoms with Crippen molar-refractivity contribution in [3.8, 4) is 11.1 Å². The minimum Gasteiger partial charge on any atom is -0.385 e. The van der Waals surface area contributed by atoms with Gasteiger partial charge in [0.2, 0.25) is 11.9 Å². The number of anilines is 4. The molecule has 4 bridgehead atoms. The van der Waals surface area contributed by atoms with Gasteiger partial charge in [-0.1, -0.05) is 48.0 Å². The van der Waals surface area contributed by atoms with Gasteiger partial charge < -0.3 is 21.3 Å². The topological polar surface area (TPSA) is 91.0 Å². The van der Waals surface area contributed by atoms with Gasteiger partial charge in [0.25, 0.3) is 0 Å². The molecule has 2 heterocycles. The molecule has 0 saturated heterocycles. The molecule has 1 saturated carbocycles. The van der Waals surface area contributed by atoms with Gasteiger partial charge in [0.15, 0.2) is 0 Å². The summed E-state index contributed by atoms with van der Waals surface area (Å²) in [6, 6.07) is 21.1. The Morgan fingerprint density at radius 1 is 1.00 bits per heavy atom. The molecule has 2 aliphatic rings. The van der Waals surface area contributed by atoms with E-state index in [9.17, 15) is 9.18 Å². The van der Waals surface area contributed by atoms with Gasteiger partial charge >= 0.3 is 0 Å². The zero-order chi connectivity index (χ0) is 26.8. The molecule has 1 aliphatic carbocycles. The van der Waals surface area contributed by atoms with Gasteiger partial charge in [-0.3, -0.25) is 4.79 Å². The maximum atomic E-state index is 14.5. The number of hydrogen-bond acceptors (Lipinski definition) is 6. The summed E-state index contributed by atoms with van der Waals surface area (Å²) in [4.78, 5) is 22.4. The largest absolute Gasteiger partial charge is 0.385 e. The number of rotatable bonds is 5. The molecule has 1 amide bonds. The average Bonchev–Trinajstić information content (AvgIpc) is 3.75. The number of benzene rings is 3. The number of halogens is 1. The van der Waals surface area contributed by atoms with Crippen molar-refractivity contribution in [1.29, 1.82) is 0 Å². The number of fused-ring (bicyclic) bond motifs is 4. The summed E-state index contributed by atoms with van der Waals surface area (Å²) in [5.41, 5.74) is 5.54. The molecule has 1 aromatic heterocycles. The molecule has 6 rings (SSSR count). The molecule has 3 aromatic carbocycles. The number of hydrogen-bond donors (Lipinski definition) is 4. The third kappa shape index (κ3) is 5.27. The van der Waals surface area contributed by atoms with E-state index in [0.717, 1.165) is 59.0 Å². The van der Waals surface area contributed by atoms with Crippen LogP contribution in [0.1, 0.15) is 36.0 Å². The van der Waals surface area contributed by atoms with Crippen LogP contribution in [0.25, 0.3) is 11.1 Å². The van der Waals surface area contributed by atoms with E-state index in [0.29, 0.717) is 30.9 Å². The first kappa shape index (κ1) is 24.9. The molecule has 4 N–H and O–H groups in total. The Hall–Kier alpha value is -4.46. The first-order valence-corrected chi connectivity index (χ1v) is 13.4. The van der Waals surface area contributed by atoms with Crippen LogP contribution in [-0.4, -0.2) is 29.0 Å². The lowest BCUT2D eigenvalue weighted by molar-refractivity contribution is -0.123. The average molecular weight is 523 g/mol. The molecule has 0 atom stereocenters. The monoisotopic (exact) mass is 522 g/mol. The van der Waals surface area contributed by atoms with Gasteiger partial charge in [-0.15, -0.1) is 0 Å². The summed E-state index contributed by atoms with van der Waals surface area (Å²) >= 11 is 0. The van der Waals surface area contributed by atoms with E-state index in [4.69, 9.17) is 4.98 Å². The predicted molar refractivity (Wildman–Crippen MR) is 153 cm³/mol. The third-order valence-corrected chi connectivity index (χ3v) is 7.42. The van der Waals surface area contributed by atoms with Crippen LogP contribution in [0.3, 0.4) is 0 Å². The van der Waals surface area contributed by atoms with Crippen molar-refractivity contribution in [2.75, 3.05) is 29.0 Å². The Morgan fingerprint density at radius 2 is 1.79 bits per heavy atom. The molecular formula is C31H31FN6O. The number of amides is 1. The highest BCUT2D eigenvalue weighted by atomic mass is 19.1. The van der Waals surface area contributed by atoms with Crippen molar-refractivity contribution in [2.45, 2.75) is 38.1 Å². The van der Waals surface area contributed by atoms with Crippen molar-refractivity contribution in [2.24, 2.45) is 0 Å². The fourth-order valence-corrected chi connectivity index (χ4v) is 5.06. The summed E-state index contributed by atoms with van der Waals surface area (Å²) in [5.74, 6) is 0.859. The smallest absolute Gasteiger partial charge is 0.231 e. The van der Waals surface area contributed by atoms with E-state index < -0.39 is 5.41 Å². The fraction of sp³-hybridized carbons (Fsp3) is 0.258. The Kier molecular flexibility index (Phi) is 6.60. The Bertz CT molecular complexity index is 1520. The molecule has 8 heteroatoms. The van der Waals surface area contributed by atoms with Crippen molar-refractivity contribution in [1.82, 2.24) is 15.3 Å². The van der Waals surface area contributed by atoms with E-state index in [1.165, 1.54) is 6.07 Å². The highest BCUT2D eigenvalue weighted by Crippen LogP contribution is 2.49. The fourth-order valence-electron chi connectivity index (χ4n) is 5.06. The molecule has 1 aliphatic heterocycles. The second kappa shape index (κ2) is 10.4. The summed E-state index contributed by atoms with van der Waals surface area (Å²) in [6.07, 6.45) is 4.10. The zero-order valence-electron chi connectivity index (χ0n) is 21.9. The van der Waals surface area contributed by atoms with Crippen LogP contribution in [-0.2, 0) is 16.8 Å². The molecule has 1 fully saturated rings. The Balaban J connectivity index is 1.16. The van der Waals surface area contributed by atoms with Gasteiger partial charge in [-0.25, -0.2) is 9.37 Å². The van der Waals surface area contributed by atoms with Gasteiger partial charge in [-0.05, 0) is 61.6 Å². The second-order valence-electron chi connectivity index (χ2n) is 10.3. The lowest BCUT2D eigenvalue weighted by atomic mass is 9.93. The van der Waals surface area contributed by atoms with Crippen molar-refractivity contribution in [3.63, 3.8) is 0 Å². The molecule has 0 spiro atoms. The maximum absolute atomic E-state index is 14.5. The molecule has 0 radical (unpaired) electrons. The first-order chi connectivity index (χ1) is 19.0. The van der Waals surface area contributed by atoms with E-state index >= 15 is 0 Å². The third-order valence-electron chi connectivity index (χ3n) is 7.42. The molecule has 39 heavy (non-hydrogen) atoms. The minimum atomic E-state index is -0.749. The highest BCUT2D eigenvalue weighted by molar-refractivity contribution is 5.91. The second-order valence-corrected chi connectivity index (χ2v) is 10.3. The molecule has 7 nitrogen and oxygen atoms in total. The maximum Gasteiger partial charge on any atom is 0.231 e. The van der Waals surface area contributed by atoms with E-state index in [-0.39, 0.29) is 11.7 Å². The van der Waals surface area contributed by atoms with Gasteiger partial charge in [0.1, 0.15) is 11.6 Å².